The van der Waals surface area contributed by atoms with Crippen LogP contribution in [0, 0.1) is 0 Å². The minimum atomic E-state index is -0.637. The number of nitrogens with zero attached hydrogens (tertiary/aromatic N) is 1. The average molecular weight is 248 g/mol. The number of rotatable bonds is 1. The Morgan fingerprint density at radius 2 is 2.17 bits per heavy atom. The van der Waals surface area contributed by atoms with E-state index < -0.39 is 5.54 Å². The predicted octanol–water partition coefficient (Wildman–Crippen LogP) is 1.16. The minimum absolute atomic E-state index is 0.00819. The molecule has 0 radical (unpaired) electrons. The van der Waals surface area contributed by atoms with Gasteiger partial charge in [-0.1, -0.05) is 12.8 Å². The third-order valence-electron chi connectivity index (χ3n) is 3.97. The van der Waals surface area contributed by atoms with Crippen molar-refractivity contribution >= 4 is 11.8 Å². The molecule has 5 nitrogen and oxygen atoms in total. The predicted molar refractivity (Wildman–Crippen MR) is 64.0 cm³/mol. The van der Waals surface area contributed by atoms with E-state index in [9.17, 15) is 9.59 Å². The maximum Gasteiger partial charge on any atom is 0.290 e. The monoisotopic (exact) mass is 248 g/mol. The molecule has 2 heterocycles. The van der Waals surface area contributed by atoms with Crippen molar-refractivity contribution < 1.29 is 14.0 Å². The molecule has 3 rings (SSSR count). The van der Waals surface area contributed by atoms with Crippen LogP contribution in [0.1, 0.15) is 36.2 Å². The van der Waals surface area contributed by atoms with Crippen molar-refractivity contribution in [3.63, 3.8) is 0 Å². The molecule has 5 heteroatoms. The summed E-state index contributed by atoms with van der Waals surface area (Å²) in [6, 6.07) is 3.34. The van der Waals surface area contributed by atoms with E-state index >= 15 is 0 Å². The average Bonchev–Trinajstić information content (AvgIpc) is 3.03. The summed E-state index contributed by atoms with van der Waals surface area (Å²) in [6.07, 6.45) is 4.99. The SMILES string of the molecule is O=C(c1ccco1)N1CCNC(=O)C12CCCC2. The van der Waals surface area contributed by atoms with Crippen molar-refractivity contribution in [1.82, 2.24) is 10.2 Å². The Morgan fingerprint density at radius 1 is 1.39 bits per heavy atom. The van der Waals surface area contributed by atoms with Gasteiger partial charge in [-0.15, -0.1) is 0 Å². The van der Waals surface area contributed by atoms with Crippen molar-refractivity contribution in [3.05, 3.63) is 24.2 Å². The van der Waals surface area contributed by atoms with Crippen LogP contribution in [0.2, 0.25) is 0 Å². The van der Waals surface area contributed by atoms with Gasteiger partial charge in [0.1, 0.15) is 5.54 Å². The Hall–Kier alpha value is -1.78. The molecule has 0 aromatic carbocycles. The lowest BCUT2D eigenvalue weighted by molar-refractivity contribution is -0.135. The summed E-state index contributed by atoms with van der Waals surface area (Å²) in [4.78, 5) is 26.3. The Labute approximate surface area is 105 Å². The summed E-state index contributed by atoms with van der Waals surface area (Å²) in [7, 11) is 0. The molecule has 2 amide bonds. The second kappa shape index (κ2) is 4.15. The molecule has 96 valence electrons. The lowest BCUT2D eigenvalue weighted by Gasteiger charge is -2.43. The van der Waals surface area contributed by atoms with Crippen LogP contribution >= 0.6 is 0 Å². The molecule has 18 heavy (non-hydrogen) atoms. The molecule has 0 atom stereocenters. The van der Waals surface area contributed by atoms with Gasteiger partial charge in [0, 0.05) is 13.1 Å². The molecule has 1 aliphatic carbocycles. The summed E-state index contributed by atoms with van der Waals surface area (Å²) < 4.78 is 5.16. The molecule has 1 aliphatic heterocycles. The second-order valence-corrected chi connectivity index (χ2v) is 4.93. The van der Waals surface area contributed by atoms with Gasteiger partial charge >= 0.3 is 0 Å². The highest BCUT2D eigenvalue weighted by Crippen LogP contribution is 2.37. The zero-order valence-electron chi connectivity index (χ0n) is 10.1. The van der Waals surface area contributed by atoms with E-state index in [1.54, 1.807) is 17.0 Å². The summed E-state index contributed by atoms with van der Waals surface area (Å²) in [6.45, 7) is 1.08. The fraction of sp³-hybridized carbons (Fsp3) is 0.538. The van der Waals surface area contributed by atoms with Gasteiger partial charge in [-0.05, 0) is 25.0 Å². The lowest BCUT2D eigenvalue weighted by atomic mass is 9.91. The summed E-state index contributed by atoms with van der Waals surface area (Å²) in [5.74, 6) is 0.138. The molecule has 1 saturated carbocycles. The number of carbonyl (C=O) groups excluding carboxylic acids is 2. The van der Waals surface area contributed by atoms with Crippen molar-refractivity contribution in [2.45, 2.75) is 31.2 Å². The minimum Gasteiger partial charge on any atom is -0.459 e. The quantitative estimate of drug-likeness (QED) is 0.811. The Kier molecular flexibility index (Phi) is 2.61. The van der Waals surface area contributed by atoms with Gasteiger partial charge in [-0.3, -0.25) is 9.59 Å². The van der Waals surface area contributed by atoms with Gasteiger partial charge in [0.25, 0.3) is 5.91 Å². The Morgan fingerprint density at radius 3 is 2.83 bits per heavy atom. The normalized spacial score (nSPS) is 22.2. The number of hydrogen-bond donors (Lipinski definition) is 1. The second-order valence-electron chi connectivity index (χ2n) is 4.93. The standard InChI is InChI=1S/C13H16N2O3/c16-11(10-4-3-9-18-10)15-8-7-14-12(17)13(15)5-1-2-6-13/h3-4,9H,1-2,5-8H2,(H,14,17). The highest BCUT2D eigenvalue weighted by atomic mass is 16.3. The van der Waals surface area contributed by atoms with Crippen molar-refractivity contribution in [2.75, 3.05) is 13.1 Å². The summed E-state index contributed by atoms with van der Waals surface area (Å²) in [5.41, 5.74) is -0.637. The maximum absolute atomic E-state index is 12.4. The van der Waals surface area contributed by atoms with Gasteiger partial charge < -0.3 is 14.6 Å². The first-order valence-electron chi connectivity index (χ1n) is 6.38. The highest BCUT2D eigenvalue weighted by Gasteiger charge is 2.50. The van der Waals surface area contributed by atoms with E-state index in [4.69, 9.17) is 4.42 Å². The number of piperazine rings is 1. The summed E-state index contributed by atoms with van der Waals surface area (Å²) >= 11 is 0. The molecule has 1 aromatic heterocycles. The number of carbonyl (C=O) groups is 2. The molecule has 1 saturated heterocycles. The molecule has 0 unspecified atom stereocenters. The molecule has 1 spiro atoms. The van der Waals surface area contributed by atoms with Crippen LogP contribution in [0.5, 0.6) is 0 Å². The topological polar surface area (TPSA) is 62.6 Å². The number of nitrogens with one attached hydrogen (secondary N) is 1. The van der Waals surface area contributed by atoms with E-state index in [2.05, 4.69) is 5.32 Å². The van der Waals surface area contributed by atoms with E-state index in [-0.39, 0.29) is 11.8 Å². The number of hydrogen-bond acceptors (Lipinski definition) is 3. The fourth-order valence-corrected chi connectivity index (χ4v) is 3.07. The van der Waals surface area contributed by atoms with E-state index in [0.717, 1.165) is 25.7 Å². The van der Waals surface area contributed by atoms with Gasteiger partial charge in [0.05, 0.1) is 6.26 Å². The van der Waals surface area contributed by atoms with E-state index in [1.807, 2.05) is 0 Å². The molecule has 2 fully saturated rings. The zero-order valence-corrected chi connectivity index (χ0v) is 10.1. The van der Waals surface area contributed by atoms with Crippen molar-refractivity contribution in [2.24, 2.45) is 0 Å². The van der Waals surface area contributed by atoms with Crippen LogP contribution in [0.15, 0.2) is 22.8 Å². The van der Waals surface area contributed by atoms with Crippen LogP contribution < -0.4 is 5.32 Å². The molecule has 1 N–H and O–H groups in total. The molecule has 2 aliphatic rings. The third-order valence-corrected chi connectivity index (χ3v) is 3.97. The van der Waals surface area contributed by atoms with Crippen LogP contribution in [0.4, 0.5) is 0 Å². The lowest BCUT2D eigenvalue weighted by Crippen LogP contribution is -2.65. The Bertz CT molecular complexity index is 461. The van der Waals surface area contributed by atoms with Crippen LogP contribution in [-0.4, -0.2) is 35.3 Å². The van der Waals surface area contributed by atoms with E-state index in [0.29, 0.717) is 18.8 Å². The summed E-state index contributed by atoms with van der Waals surface area (Å²) in [5, 5.41) is 2.88. The maximum atomic E-state index is 12.4. The van der Waals surface area contributed by atoms with Crippen molar-refractivity contribution in [3.8, 4) is 0 Å². The first-order valence-corrected chi connectivity index (χ1v) is 6.38. The van der Waals surface area contributed by atoms with Crippen LogP contribution in [0.25, 0.3) is 0 Å². The zero-order chi connectivity index (χ0) is 12.6. The molecule has 0 bridgehead atoms. The van der Waals surface area contributed by atoms with E-state index in [1.165, 1.54) is 6.26 Å². The number of amides is 2. The highest BCUT2D eigenvalue weighted by molar-refractivity contribution is 5.98. The van der Waals surface area contributed by atoms with Gasteiger partial charge in [-0.2, -0.15) is 0 Å². The Balaban J connectivity index is 1.93. The van der Waals surface area contributed by atoms with Crippen LogP contribution in [-0.2, 0) is 4.79 Å². The van der Waals surface area contributed by atoms with Crippen LogP contribution in [0.3, 0.4) is 0 Å². The first-order chi connectivity index (χ1) is 8.74. The third kappa shape index (κ3) is 1.54. The largest absolute Gasteiger partial charge is 0.459 e. The molecule has 1 aromatic rings. The van der Waals surface area contributed by atoms with Gasteiger partial charge in [-0.25, -0.2) is 0 Å². The molecular weight excluding hydrogens is 232 g/mol. The number of furan rings is 1. The van der Waals surface area contributed by atoms with Crippen molar-refractivity contribution in [1.29, 1.82) is 0 Å². The fourth-order valence-electron chi connectivity index (χ4n) is 3.07. The smallest absolute Gasteiger partial charge is 0.290 e. The van der Waals surface area contributed by atoms with Gasteiger partial charge in [0.15, 0.2) is 5.76 Å². The van der Waals surface area contributed by atoms with Gasteiger partial charge in [0.2, 0.25) is 5.91 Å². The first kappa shape index (κ1) is 11.3. The molecular formula is C13H16N2O3.